The number of benzene rings is 1. The third-order valence-electron chi connectivity index (χ3n) is 7.17. The molecule has 4 heterocycles. The number of hydrogen-bond acceptors (Lipinski definition) is 6. The number of alkyl halides is 2. The second kappa shape index (κ2) is 9.20. The Balaban J connectivity index is 1.49. The normalized spacial score (nSPS) is 18.2. The number of halogens is 4. The molecule has 6 rings (SSSR count). The van der Waals surface area contributed by atoms with Crippen LogP contribution in [0.4, 0.5) is 20.4 Å². The second-order valence-corrected chi connectivity index (χ2v) is 10.8. The number of aromatic carboxylic acids is 1. The average Bonchev–Trinajstić information content (AvgIpc) is 3.62. The Hall–Kier alpha value is -3.24. The molecule has 2 aliphatic rings. The number of carboxylic acids is 1. The Morgan fingerprint density at radius 3 is 2.58 bits per heavy atom. The Morgan fingerprint density at radius 1 is 1.16 bits per heavy atom. The lowest BCUT2D eigenvalue weighted by Crippen LogP contribution is -2.40. The zero-order valence-corrected chi connectivity index (χ0v) is 21.9. The van der Waals surface area contributed by atoms with Gasteiger partial charge in [-0.2, -0.15) is 0 Å². The van der Waals surface area contributed by atoms with Crippen molar-refractivity contribution in [2.45, 2.75) is 50.5 Å². The number of piperidine rings is 1. The average molecular weight is 561 g/mol. The molecule has 2 N–H and O–H groups in total. The lowest BCUT2D eigenvalue weighted by molar-refractivity contribution is -0.0222. The van der Waals surface area contributed by atoms with E-state index in [9.17, 15) is 18.7 Å². The molecule has 8 nitrogen and oxygen atoms in total. The number of carboxylic acid groups (broad SMARTS) is 1. The molecular weight excluding hydrogens is 537 g/mol. The summed E-state index contributed by atoms with van der Waals surface area (Å²) in [6, 6.07) is 6.20. The van der Waals surface area contributed by atoms with E-state index in [4.69, 9.17) is 33.2 Å². The number of pyridine rings is 1. The quantitative estimate of drug-likeness (QED) is 0.257. The van der Waals surface area contributed by atoms with Crippen molar-refractivity contribution in [1.29, 1.82) is 0 Å². The van der Waals surface area contributed by atoms with E-state index in [-0.39, 0.29) is 36.8 Å². The molecule has 3 aromatic heterocycles. The first-order valence-electron chi connectivity index (χ1n) is 12.4. The van der Waals surface area contributed by atoms with Gasteiger partial charge in [0.1, 0.15) is 10.8 Å². The number of hydrogen-bond donors (Lipinski definition) is 2. The minimum Gasteiger partial charge on any atom is -0.476 e. The number of anilines is 2. The summed E-state index contributed by atoms with van der Waals surface area (Å²) in [5.41, 5.74) is 3.03. The molecule has 38 heavy (non-hydrogen) atoms. The Kier molecular flexibility index (Phi) is 6.07. The van der Waals surface area contributed by atoms with Crippen molar-refractivity contribution in [3.05, 3.63) is 57.6 Å². The molecule has 198 valence electrons. The van der Waals surface area contributed by atoms with E-state index in [1.165, 1.54) is 6.07 Å². The van der Waals surface area contributed by atoms with Crippen LogP contribution in [0, 0.1) is 0 Å². The van der Waals surface area contributed by atoms with Gasteiger partial charge < -0.3 is 15.3 Å². The van der Waals surface area contributed by atoms with Crippen LogP contribution >= 0.6 is 23.2 Å². The smallest absolute Gasteiger partial charge is 0.356 e. The van der Waals surface area contributed by atoms with Gasteiger partial charge in [0.25, 0.3) is 5.92 Å². The van der Waals surface area contributed by atoms with Gasteiger partial charge in [-0.25, -0.2) is 28.5 Å². The molecular formula is C26H24Cl2F2N6O2. The molecule has 0 unspecified atom stereocenters. The first kappa shape index (κ1) is 25.1. The minimum absolute atomic E-state index is 0.0698. The van der Waals surface area contributed by atoms with Crippen LogP contribution < -0.4 is 10.2 Å². The summed E-state index contributed by atoms with van der Waals surface area (Å²) in [6.45, 7) is 2.21. The zero-order valence-electron chi connectivity index (χ0n) is 20.4. The number of rotatable bonds is 6. The van der Waals surface area contributed by atoms with E-state index < -0.39 is 17.9 Å². The monoisotopic (exact) mass is 560 g/mol. The summed E-state index contributed by atoms with van der Waals surface area (Å²) in [6.07, 6.45) is 3.60. The van der Waals surface area contributed by atoms with E-state index in [2.05, 4.69) is 10.3 Å². The summed E-state index contributed by atoms with van der Waals surface area (Å²) in [7, 11) is 0. The molecule has 1 aliphatic heterocycles. The number of carbonyl (C=O) groups is 1. The number of nitrogens with zero attached hydrogens (tertiary/aromatic N) is 5. The van der Waals surface area contributed by atoms with Crippen molar-refractivity contribution in [2.24, 2.45) is 0 Å². The van der Waals surface area contributed by atoms with Crippen LogP contribution in [0.1, 0.15) is 66.3 Å². The topological polar surface area (TPSA) is 95.6 Å². The molecule has 1 saturated heterocycles. The minimum atomic E-state index is -2.69. The third-order valence-corrected chi connectivity index (χ3v) is 7.60. The van der Waals surface area contributed by atoms with Crippen molar-refractivity contribution in [2.75, 3.05) is 23.3 Å². The fourth-order valence-corrected chi connectivity index (χ4v) is 5.37. The molecule has 0 bridgehead atoms. The molecule has 12 heteroatoms. The van der Waals surface area contributed by atoms with Gasteiger partial charge in [0.15, 0.2) is 5.69 Å². The van der Waals surface area contributed by atoms with E-state index >= 15 is 0 Å². The summed E-state index contributed by atoms with van der Waals surface area (Å²) in [4.78, 5) is 27.5. The molecule has 1 aromatic carbocycles. The van der Waals surface area contributed by atoms with Crippen LogP contribution in [0.25, 0.3) is 16.6 Å². The van der Waals surface area contributed by atoms with E-state index in [1.54, 1.807) is 18.2 Å². The Morgan fingerprint density at radius 2 is 1.89 bits per heavy atom. The van der Waals surface area contributed by atoms with Gasteiger partial charge in [-0.15, -0.1) is 0 Å². The third kappa shape index (κ3) is 4.60. The van der Waals surface area contributed by atoms with Crippen LogP contribution in [0.2, 0.25) is 10.2 Å². The second-order valence-electron chi connectivity index (χ2n) is 9.98. The van der Waals surface area contributed by atoms with Gasteiger partial charge >= 0.3 is 5.97 Å². The van der Waals surface area contributed by atoms with E-state index in [0.717, 1.165) is 23.9 Å². The lowest BCUT2D eigenvalue weighted by Gasteiger charge is -2.33. The standard InChI is InChI=1S/C26H24Cl2F2N6O2/c1-13(31-18-4-5-20(28)33-22(18)24(37)38)16-10-15(27)11-17-21(16)34-25(35-8-6-26(29,30)7-9-35)36-12-19(14-2-3-14)32-23(17)36/h4-5,10-14,31H,2-3,6-9H2,1H3,(H,37,38)/t13-/m1/s1. The summed E-state index contributed by atoms with van der Waals surface area (Å²) < 4.78 is 29.8. The first-order valence-corrected chi connectivity index (χ1v) is 13.2. The predicted molar refractivity (Wildman–Crippen MR) is 142 cm³/mol. The van der Waals surface area contributed by atoms with Crippen LogP contribution in [0.15, 0.2) is 30.5 Å². The molecule has 1 saturated carbocycles. The van der Waals surface area contributed by atoms with Crippen molar-refractivity contribution in [3.63, 3.8) is 0 Å². The van der Waals surface area contributed by atoms with E-state index in [1.807, 2.05) is 22.4 Å². The highest BCUT2D eigenvalue weighted by molar-refractivity contribution is 6.31. The van der Waals surface area contributed by atoms with Gasteiger partial charge in [-0.3, -0.25) is 4.40 Å². The molecule has 1 aliphatic carbocycles. The molecule has 0 amide bonds. The summed E-state index contributed by atoms with van der Waals surface area (Å²) in [5.74, 6) is -2.97. The fourth-order valence-electron chi connectivity index (χ4n) is 5.00. The molecule has 4 aromatic rings. The molecule has 0 radical (unpaired) electrons. The van der Waals surface area contributed by atoms with Gasteiger partial charge in [-0.1, -0.05) is 23.2 Å². The van der Waals surface area contributed by atoms with Gasteiger partial charge in [0.05, 0.1) is 22.9 Å². The SMILES string of the molecule is C[C@@H](Nc1ccc(Cl)nc1C(=O)O)c1cc(Cl)cc2c1nc(N1CCC(F)(F)CC1)n1cc(C3CC3)nc21. The van der Waals surface area contributed by atoms with Crippen LogP contribution in [-0.4, -0.2) is 49.4 Å². The van der Waals surface area contributed by atoms with E-state index in [0.29, 0.717) is 39.3 Å². The highest BCUT2D eigenvalue weighted by Gasteiger charge is 2.36. The van der Waals surface area contributed by atoms with Crippen LogP contribution in [-0.2, 0) is 0 Å². The summed E-state index contributed by atoms with van der Waals surface area (Å²) >= 11 is 12.5. The fraction of sp³-hybridized carbons (Fsp3) is 0.385. The Bertz CT molecular complexity index is 1580. The molecule has 0 spiro atoms. The number of aromatic nitrogens is 4. The van der Waals surface area contributed by atoms with Gasteiger partial charge in [-0.05, 0) is 44.0 Å². The number of imidazole rings is 1. The van der Waals surface area contributed by atoms with Crippen LogP contribution in [0.5, 0.6) is 0 Å². The van der Waals surface area contributed by atoms with Crippen molar-refractivity contribution < 1.29 is 18.7 Å². The lowest BCUT2D eigenvalue weighted by atomic mass is 10.0. The maximum Gasteiger partial charge on any atom is 0.356 e. The molecule has 1 atom stereocenters. The van der Waals surface area contributed by atoms with Crippen LogP contribution in [0.3, 0.4) is 0 Å². The first-order chi connectivity index (χ1) is 18.1. The highest BCUT2D eigenvalue weighted by atomic mass is 35.5. The van der Waals surface area contributed by atoms with Gasteiger partial charge in [0, 0.05) is 54.0 Å². The maximum absolute atomic E-state index is 14.0. The van der Waals surface area contributed by atoms with Crippen molar-refractivity contribution in [3.8, 4) is 0 Å². The predicted octanol–water partition coefficient (Wildman–Crippen LogP) is 6.57. The number of fused-ring (bicyclic) bond motifs is 3. The number of nitrogens with one attached hydrogen (secondary N) is 1. The largest absolute Gasteiger partial charge is 0.476 e. The maximum atomic E-state index is 14.0. The van der Waals surface area contributed by atoms with Crippen molar-refractivity contribution >= 4 is 57.4 Å². The zero-order chi connectivity index (χ0) is 26.8. The Labute approximate surface area is 226 Å². The highest BCUT2D eigenvalue weighted by Crippen LogP contribution is 2.42. The molecule has 2 fully saturated rings. The van der Waals surface area contributed by atoms with Gasteiger partial charge in [0.2, 0.25) is 5.95 Å². The summed E-state index contributed by atoms with van der Waals surface area (Å²) in [5, 5.41) is 14.1. The van der Waals surface area contributed by atoms with Crippen molar-refractivity contribution in [1.82, 2.24) is 19.4 Å².